The lowest BCUT2D eigenvalue weighted by Gasteiger charge is -2.21. The van der Waals surface area contributed by atoms with E-state index in [4.69, 9.17) is 0 Å². The molecule has 0 aromatic heterocycles. The van der Waals surface area contributed by atoms with E-state index < -0.39 is 36.3 Å². The molecule has 1 aliphatic rings. The molecule has 2 aromatic rings. The summed E-state index contributed by atoms with van der Waals surface area (Å²) in [7, 11) is 0. The zero-order valence-electron chi connectivity index (χ0n) is 15.5. The Labute approximate surface area is 162 Å². The Bertz CT molecular complexity index is 844. The van der Waals surface area contributed by atoms with Gasteiger partial charge in [-0.25, -0.2) is 9.69 Å². The zero-order valence-corrected chi connectivity index (χ0v) is 15.5. The summed E-state index contributed by atoms with van der Waals surface area (Å²) in [4.78, 5) is 50.6. The summed E-state index contributed by atoms with van der Waals surface area (Å²) in [5, 5.41) is 2.86. The predicted octanol–water partition coefficient (Wildman–Crippen LogP) is 2.09. The average molecular weight is 379 g/mol. The summed E-state index contributed by atoms with van der Waals surface area (Å²) < 4.78 is 0. The molecule has 0 aliphatic carbocycles. The van der Waals surface area contributed by atoms with Crippen LogP contribution in [0.25, 0.3) is 0 Å². The highest BCUT2D eigenvalue weighted by Crippen LogP contribution is 2.22. The van der Waals surface area contributed by atoms with Crippen LogP contribution in [-0.2, 0) is 14.4 Å². The predicted molar refractivity (Wildman–Crippen MR) is 102 cm³/mol. The SMILES string of the molecule is CCCN1C(=O)C(=O)N(CC(=O)NC(c2ccccc2)c2ccccc2)C1=O. The van der Waals surface area contributed by atoms with Gasteiger partial charge in [-0.05, 0) is 17.5 Å². The molecule has 7 nitrogen and oxygen atoms in total. The second-order valence-corrected chi connectivity index (χ2v) is 6.45. The quantitative estimate of drug-likeness (QED) is 0.590. The van der Waals surface area contributed by atoms with Gasteiger partial charge in [0.1, 0.15) is 6.54 Å². The van der Waals surface area contributed by atoms with Gasteiger partial charge in [0.05, 0.1) is 6.04 Å². The van der Waals surface area contributed by atoms with E-state index in [1.807, 2.05) is 60.7 Å². The monoisotopic (exact) mass is 379 g/mol. The molecule has 0 unspecified atom stereocenters. The number of imide groups is 2. The number of urea groups is 1. The Kier molecular flexibility index (Phi) is 5.84. The van der Waals surface area contributed by atoms with Gasteiger partial charge >= 0.3 is 17.8 Å². The first-order valence-electron chi connectivity index (χ1n) is 9.09. The van der Waals surface area contributed by atoms with E-state index >= 15 is 0 Å². The lowest BCUT2D eigenvalue weighted by molar-refractivity contribution is -0.144. The third-order valence-electron chi connectivity index (χ3n) is 4.46. The van der Waals surface area contributed by atoms with E-state index in [9.17, 15) is 19.2 Å². The van der Waals surface area contributed by atoms with E-state index in [2.05, 4.69) is 5.32 Å². The molecule has 2 aromatic carbocycles. The number of rotatable bonds is 7. The number of hydrogen-bond donors (Lipinski definition) is 1. The number of carbonyl (C=O) groups is 4. The van der Waals surface area contributed by atoms with Crippen LogP contribution in [0.2, 0.25) is 0 Å². The molecule has 28 heavy (non-hydrogen) atoms. The molecule has 7 heteroatoms. The molecule has 3 rings (SSSR count). The summed E-state index contributed by atoms with van der Waals surface area (Å²) in [5.41, 5.74) is 1.73. The minimum Gasteiger partial charge on any atom is -0.344 e. The van der Waals surface area contributed by atoms with Crippen molar-refractivity contribution in [1.82, 2.24) is 15.1 Å². The highest BCUT2D eigenvalue weighted by molar-refractivity contribution is 6.45. The number of amides is 5. The van der Waals surface area contributed by atoms with Crippen LogP contribution < -0.4 is 5.32 Å². The molecule has 5 amide bonds. The molecule has 0 radical (unpaired) electrons. The minimum atomic E-state index is -0.968. The molecule has 0 saturated carbocycles. The van der Waals surface area contributed by atoms with E-state index in [1.165, 1.54) is 0 Å². The van der Waals surface area contributed by atoms with E-state index in [-0.39, 0.29) is 6.54 Å². The summed E-state index contributed by atoms with van der Waals surface area (Å²) in [5.74, 6) is -2.38. The van der Waals surface area contributed by atoms with Crippen molar-refractivity contribution in [3.63, 3.8) is 0 Å². The van der Waals surface area contributed by atoms with Crippen LogP contribution in [0.3, 0.4) is 0 Å². The van der Waals surface area contributed by atoms with Crippen molar-refractivity contribution in [3.05, 3.63) is 71.8 Å². The zero-order chi connectivity index (χ0) is 20.1. The topological polar surface area (TPSA) is 86.8 Å². The largest absolute Gasteiger partial charge is 0.344 e. The highest BCUT2D eigenvalue weighted by Gasteiger charge is 2.44. The van der Waals surface area contributed by atoms with Gasteiger partial charge in [-0.2, -0.15) is 0 Å². The van der Waals surface area contributed by atoms with Crippen LogP contribution in [0, 0.1) is 0 Å². The molecular formula is C21H21N3O4. The van der Waals surface area contributed by atoms with E-state index in [0.29, 0.717) is 11.3 Å². The van der Waals surface area contributed by atoms with Crippen LogP contribution in [0.5, 0.6) is 0 Å². The van der Waals surface area contributed by atoms with Gasteiger partial charge in [0.25, 0.3) is 0 Å². The van der Waals surface area contributed by atoms with E-state index in [0.717, 1.165) is 16.0 Å². The Morgan fingerprint density at radius 2 is 1.36 bits per heavy atom. The molecule has 1 heterocycles. The number of nitrogens with one attached hydrogen (secondary N) is 1. The van der Waals surface area contributed by atoms with Crippen LogP contribution in [0.4, 0.5) is 4.79 Å². The molecule has 1 N–H and O–H groups in total. The smallest absolute Gasteiger partial charge is 0.334 e. The van der Waals surface area contributed by atoms with Gasteiger partial charge in [-0.3, -0.25) is 19.3 Å². The minimum absolute atomic E-state index is 0.151. The van der Waals surface area contributed by atoms with Gasteiger partial charge in [0, 0.05) is 6.54 Å². The average Bonchev–Trinajstić information content (AvgIpc) is 2.92. The van der Waals surface area contributed by atoms with Crippen LogP contribution in [0.1, 0.15) is 30.5 Å². The van der Waals surface area contributed by atoms with Crippen LogP contribution >= 0.6 is 0 Å². The molecule has 0 atom stereocenters. The van der Waals surface area contributed by atoms with Crippen molar-refractivity contribution in [1.29, 1.82) is 0 Å². The lowest BCUT2D eigenvalue weighted by Crippen LogP contribution is -2.42. The summed E-state index contributed by atoms with van der Waals surface area (Å²) >= 11 is 0. The van der Waals surface area contributed by atoms with Crippen molar-refractivity contribution < 1.29 is 19.2 Å². The molecule has 144 valence electrons. The fraction of sp³-hybridized carbons (Fsp3) is 0.238. The summed E-state index contributed by atoms with van der Waals surface area (Å²) in [6.07, 6.45) is 0.537. The van der Waals surface area contributed by atoms with Crippen LogP contribution in [-0.4, -0.2) is 46.6 Å². The highest BCUT2D eigenvalue weighted by atomic mass is 16.2. The molecular weight excluding hydrogens is 358 g/mol. The van der Waals surface area contributed by atoms with Gasteiger partial charge in [-0.1, -0.05) is 67.6 Å². The summed E-state index contributed by atoms with van der Waals surface area (Å²) in [6, 6.07) is 17.6. The Morgan fingerprint density at radius 3 is 1.86 bits per heavy atom. The maximum atomic E-state index is 12.6. The van der Waals surface area contributed by atoms with Crippen molar-refractivity contribution in [3.8, 4) is 0 Å². The third kappa shape index (κ3) is 3.93. The van der Waals surface area contributed by atoms with Gasteiger partial charge in [0.2, 0.25) is 5.91 Å². The number of carbonyl (C=O) groups excluding carboxylic acids is 4. The van der Waals surface area contributed by atoms with Gasteiger partial charge < -0.3 is 5.32 Å². The number of benzene rings is 2. The maximum Gasteiger partial charge on any atom is 0.334 e. The molecule has 1 saturated heterocycles. The molecule has 0 spiro atoms. The number of nitrogens with zero attached hydrogens (tertiary/aromatic N) is 2. The third-order valence-corrected chi connectivity index (χ3v) is 4.46. The first-order chi connectivity index (χ1) is 13.5. The first kappa shape index (κ1) is 19.3. The second-order valence-electron chi connectivity index (χ2n) is 6.45. The van der Waals surface area contributed by atoms with Gasteiger partial charge in [0.15, 0.2) is 0 Å². The molecule has 0 bridgehead atoms. The van der Waals surface area contributed by atoms with Crippen LogP contribution in [0.15, 0.2) is 60.7 Å². The normalized spacial score (nSPS) is 14.1. The summed E-state index contributed by atoms with van der Waals surface area (Å²) in [6.45, 7) is 1.45. The number of hydrogen-bond acceptors (Lipinski definition) is 4. The van der Waals surface area contributed by atoms with Crippen molar-refractivity contribution in [2.75, 3.05) is 13.1 Å². The fourth-order valence-corrected chi connectivity index (χ4v) is 3.11. The van der Waals surface area contributed by atoms with E-state index in [1.54, 1.807) is 6.92 Å². The van der Waals surface area contributed by atoms with Crippen molar-refractivity contribution in [2.45, 2.75) is 19.4 Å². The Morgan fingerprint density at radius 1 is 0.857 bits per heavy atom. The lowest BCUT2D eigenvalue weighted by atomic mass is 9.99. The standard InChI is InChI=1S/C21H21N3O4/c1-2-13-23-19(26)20(27)24(21(23)28)14-17(25)22-18(15-9-5-3-6-10-15)16-11-7-4-8-12-16/h3-12,18H,2,13-14H2,1H3,(H,22,25). The van der Waals surface area contributed by atoms with Crippen molar-refractivity contribution >= 4 is 23.8 Å². The fourth-order valence-electron chi connectivity index (χ4n) is 3.11. The first-order valence-corrected chi connectivity index (χ1v) is 9.09. The molecule has 1 fully saturated rings. The molecule has 1 aliphatic heterocycles. The Balaban J connectivity index is 1.77. The second kappa shape index (κ2) is 8.47. The van der Waals surface area contributed by atoms with Gasteiger partial charge in [-0.15, -0.1) is 0 Å². The maximum absolute atomic E-state index is 12.6. The van der Waals surface area contributed by atoms with Crippen molar-refractivity contribution in [2.24, 2.45) is 0 Å². The Hall–Kier alpha value is -3.48.